The number of anilines is 2. The minimum atomic E-state index is -0.303. The quantitative estimate of drug-likeness (QED) is 0.735. The maximum atomic E-state index is 12.4. The van der Waals surface area contributed by atoms with Crippen LogP contribution in [0.1, 0.15) is 31.9 Å². The first-order valence-electron chi connectivity index (χ1n) is 8.98. The molecule has 1 aliphatic carbocycles. The highest BCUT2D eigenvalue weighted by atomic mass is 16.2. The lowest BCUT2D eigenvalue weighted by atomic mass is 10.1. The van der Waals surface area contributed by atoms with Crippen LogP contribution in [0.2, 0.25) is 0 Å². The van der Waals surface area contributed by atoms with Gasteiger partial charge in [-0.1, -0.05) is 30.3 Å². The van der Waals surface area contributed by atoms with E-state index in [1.807, 2.05) is 37.3 Å². The van der Waals surface area contributed by atoms with Crippen LogP contribution in [0.4, 0.5) is 11.4 Å². The predicted molar refractivity (Wildman–Crippen MR) is 104 cm³/mol. The summed E-state index contributed by atoms with van der Waals surface area (Å²) in [7, 11) is 0. The van der Waals surface area contributed by atoms with Crippen LogP contribution in [0.3, 0.4) is 0 Å². The van der Waals surface area contributed by atoms with Crippen LogP contribution >= 0.6 is 0 Å². The van der Waals surface area contributed by atoms with Crippen molar-refractivity contribution in [2.24, 2.45) is 11.8 Å². The predicted octanol–water partition coefficient (Wildman–Crippen LogP) is 3.10. The smallest absolute Gasteiger partial charge is 0.228 e. The zero-order valence-electron chi connectivity index (χ0n) is 15.4. The number of nitrogens with one attached hydrogen (secondary N) is 3. The van der Waals surface area contributed by atoms with E-state index in [1.54, 1.807) is 24.3 Å². The molecule has 1 fully saturated rings. The normalized spacial score (nSPS) is 18.9. The summed E-state index contributed by atoms with van der Waals surface area (Å²) in [6.45, 7) is 3.37. The lowest BCUT2D eigenvalue weighted by Crippen LogP contribution is -2.29. The molecule has 3 rings (SSSR count). The molecule has 3 atom stereocenters. The second-order valence-corrected chi connectivity index (χ2v) is 6.84. The molecule has 3 amide bonds. The largest absolute Gasteiger partial charge is 0.349 e. The van der Waals surface area contributed by atoms with E-state index in [-0.39, 0.29) is 35.6 Å². The lowest BCUT2D eigenvalue weighted by Gasteiger charge is -2.14. The van der Waals surface area contributed by atoms with Gasteiger partial charge in [-0.05, 0) is 43.2 Å². The van der Waals surface area contributed by atoms with Crippen molar-refractivity contribution in [2.45, 2.75) is 26.3 Å². The Morgan fingerprint density at radius 2 is 1.41 bits per heavy atom. The number of amides is 3. The Hall–Kier alpha value is -3.15. The van der Waals surface area contributed by atoms with Gasteiger partial charge in [-0.15, -0.1) is 0 Å². The van der Waals surface area contributed by atoms with Gasteiger partial charge in [0.1, 0.15) is 0 Å². The summed E-state index contributed by atoms with van der Waals surface area (Å²) in [4.78, 5) is 35.7. The molecule has 6 nitrogen and oxygen atoms in total. The molecule has 0 aromatic heterocycles. The minimum absolute atomic E-state index is 0.0903. The van der Waals surface area contributed by atoms with Crippen LogP contribution in [0, 0.1) is 11.8 Å². The van der Waals surface area contributed by atoms with Crippen LogP contribution in [0.5, 0.6) is 0 Å². The molecular weight excluding hydrogens is 342 g/mol. The van der Waals surface area contributed by atoms with Crippen LogP contribution in [-0.4, -0.2) is 17.7 Å². The second-order valence-electron chi connectivity index (χ2n) is 6.84. The highest BCUT2D eigenvalue weighted by Gasteiger charge is 2.48. The first kappa shape index (κ1) is 18.6. The number of carbonyl (C=O) groups is 3. The average Bonchev–Trinajstić information content (AvgIpc) is 3.45. The van der Waals surface area contributed by atoms with E-state index < -0.39 is 0 Å². The highest BCUT2D eigenvalue weighted by Crippen LogP contribution is 2.40. The maximum absolute atomic E-state index is 12.4. The molecule has 0 heterocycles. The summed E-state index contributed by atoms with van der Waals surface area (Å²) in [5.74, 6) is -0.983. The van der Waals surface area contributed by atoms with Crippen molar-refractivity contribution < 1.29 is 14.4 Å². The van der Waals surface area contributed by atoms with Crippen molar-refractivity contribution in [1.82, 2.24) is 5.32 Å². The van der Waals surface area contributed by atoms with Crippen molar-refractivity contribution in [3.05, 3.63) is 60.2 Å². The molecular formula is C21H23N3O3. The molecule has 0 spiro atoms. The lowest BCUT2D eigenvalue weighted by molar-refractivity contribution is -0.125. The number of hydrogen-bond donors (Lipinski definition) is 3. The molecule has 1 aliphatic rings. The van der Waals surface area contributed by atoms with Crippen molar-refractivity contribution in [2.75, 3.05) is 10.6 Å². The van der Waals surface area contributed by atoms with E-state index >= 15 is 0 Å². The van der Waals surface area contributed by atoms with Gasteiger partial charge in [-0.2, -0.15) is 0 Å². The Kier molecular flexibility index (Phi) is 5.54. The van der Waals surface area contributed by atoms with Crippen LogP contribution in [-0.2, 0) is 14.4 Å². The molecule has 27 heavy (non-hydrogen) atoms. The summed E-state index contributed by atoms with van der Waals surface area (Å²) < 4.78 is 0. The van der Waals surface area contributed by atoms with Crippen molar-refractivity contribution >= 4 is 29.1 Å². The standard InChI is InChI=1S/C21H23N3O3/c1-13(15-6-4-3-5-7-15)22-20(26)18-12-19(18)21(27)24-17-10-8-16(9-11-17)23-14(2)25/h3-11,13,18-19H,12H2,1-2H3,(H,22,26)(H,23,25)(H,24,27). The van der Waals surface area contributed by atoms with E-state index in [0.717, 1.165) is 5.56 Å². The minimum Gasteiger partial charge on any atom is -0.349 e. The first-order valence-corrected chi connectivity index (χ1v) is 8.98. The van der Waals surface area contributed by atoms with Gasteiger partial charge in [0.15, 0.2) is 0 Å². The Morgan fingerprint density at radius 3 is 2.00 bits per heavy atom. The molecule has 1 saturated carbocycles. The fourth-order valence-corrected chi connectivity index (χ4v) is 3.00. The van der Waals surface area contributed by atoms with Crippen LogP contribution in [0.25, 0.3) is 0 Å². The molecule has 140 valence electrons. The van der Waals surface area contributed by atoms with Gasteiger partial charge >= 0.3 is 0 Å². The van der Waals surface area contributed by atoms with E-state index in [1.165, 1.54) is 6.92 Å². The van der Waals surface area contributed by atoms with E-state index in [4.69, 9.17) is 0 Å². The van der Waals surface area contributed by atoms with Crippen molar-refractivity contribution in [3.63, 3.8) is 0 Å². The molecule has 3 unspecified atom stereocenters. The van der Waals surface area contributed by atoms with Gasteiger partial charge in [-0.3, -0.25) is 14.4 Å². The molecule has 2 aromatic rings. The average molecular weight is 365 g/mol. The van der Waals surface area contributed by atoms with Gasteiger partial charge in [0.05, 0.1) is 17.9 Å². The SMILES string of the molecule is CC(=O)Nc1ccc(NC(=O)C2CC2C(=O)NC(C)c2ccccc2)cc1. The van der Waals surface area contributed by atoms with Crippen molar-refractivity contribution in [3.8, 4) is 0 Å². The molecule has 2 aromatic carbocycles. The van der Waals surface area contributed by atoms with Gasteiger partial charge in [0.25, 0.3) is 0 Å². The fourth-order valence-electron chi connectivity index (χ4n) is 3.00. The molecule has 3 N–H and O–H groups in total. The molecule has 0 radical (unpaired) electrons. The Bertz CT molecular complexity index is 834. The first-order chi connectivity index (χ1) is 12.9. The monoisotopic (exact) mass is 365 g/mol. The second kappa shape index (κ2) is 8.03. The van der Waals surface area contributed by atoms with E-state index in [0.29, 0.717) is 17.8 Å². The van der Waals surface area contributed by atoms with Gasteiger partial charge in [-0.25, -0.2) is 0 Å². The summed E-state index contributed by atoms with van der Waals surface area (Å²) >= 11 is 0. The summed E-state index contributed by atoms with van der Waals surface area (Å²) in [5, 5.41) is 8.47. The van der Waals surface area contributed by atoms with Gasteiger partial charge in [0, 0.05) is 18.3 Å². The summed E-state index contributed by atoms with van der Waals surface area (Å²) in [6, 6.07) is 16.5. The molecule has 0 bridgehead atoms. The molecule has 6 heteroatoms. The maximum Gasteiger partial charge on any atom is 0.228 e. The van der Waals surface area contributed by atoms with Gasteiger partial charge < -0.3 is 16.0 Å². The van der Waals surface area contributed by atoms with E-state index in [2.05, 4.69) is 16.0 Å². The zero-order chi connectivity index (χ0) is 19.4. The van der Waals surface area contributed by atoms with E-state index in [9.17, 15) is 14.4 Å². The number of hydrogen-bond acceptors (Lipinski definition) is 3. The van der Waals surface area contributed by atoms with Gasteiger partial charge in [0.2, 0.25) is 17.7 Å². The molecule has 0 aliphatic heterocycles. The highest BCUT2D eigenvalue weighted by molar-refractivity contribution is 5.99. The Morgan fingerprint density at radius 1 is 0.852 bits per heavy atom. The summed E-state index contributed by atoms with van der Waals surface area (Å²) in [6.07, 6.45) is 0.559. The fraction of sp³-hybridized carbons (Fsp3) is 0.286. The number of benzene rings is 2. The third kappa shape index (κ3) is 4.94. The Labute approximate surface area is 158 Å². The third-order valence-corrected chi connectivity index (χ3v) is 4.60. The Balaban J connectivity index is 1.49. The zero-order valence-corrected chi connectivity index (χ0v) is 15.4. The number of carbonyl (C=O) groups excluding carboxylic acids is 3. The molecule has 0 saturated heterocycles. The topological polar surface area (TPSA) is 87.3 Å². The van der Waals surface area contributed by atoms with Crippen LogP contribution in [0.15, 0.2) is 54.6 Å². The van der Waals surface area contributed by atoms with Crippen molar-refractivity contribution in [1.29, 1.82) is 0 Å². The third-order valence-electron chi connectivity index (χ3n) is 4.60. The van der Waals surface area contributed by atoms with Crippen LogP contribution < -0.4 is 16.0 Å². The number of rotatable bonds is 6. The summed E-state index contributed by atoms with van der Waals surface area (Å²) in [5.41, 5.74) is 2.34.